The molecule has 38 heavy (non-hydrogen) atoms. The molecule has 0 heterocycles. The first-order valence-corrected chi connectivity index (χ1v) is 16.8. The van der Waals surface area contributed by atoms with Crippen LogP contribution in [-0.4, -0.2) is 11.6 Å². The molecule has 2 heteroatoms. The second-order valence-corrected chi connectivity index (χ2v) is 14.9. The maximum absolute atomic E-state index is 12.7. The van der Waals surface area contributed by atoms with E-state index in [-0.39, 0.29) is 10.8 Å². The van der Waals surface area contributed by atoms with Gasteiger partial charge in [-0.1, -0.05) is 102 Å². The van der Waals surface area contributed by atoms with Crippen LogP contribution in [0.25, 0.3) is 0 Å². The molecule has 0 aliphatic heterocycles. The van der Waals surface area contributed by atoms with Gasteiger partial charge in [0.1, 0.15) is 11.6 Å². The molecule has 0 aromatic carbocycles. The van der Waals surface area contributed by atoms with Crippen LogP contribution in [0.4, 0.5) is 0 Å². The average Bonchev–Trinajstić information content (AvgIpc) is 2.89. The highest BCUT2D eigenvalue weighted by atomic mass is 16.1. The van der Waals surface area contributed by atoms with Crippen molar-refractivity contribution < 1.29 is 9.59 Å². The highest BCUT2D eigenvalue weighted by Crippen LogP contribution is 2.63. The SMILES string of the molecule is CC.CC.CCC(C)(C)C(=O)CC1(C)C2CC3CC(C2)CC1C3.CCC(C)(C)C(=O)CC1(C)CCCCC1. The summed E-state index contributed by atoms with van der Waals surface area (Å²) in [6.07, 6.45) is 17.3. The summed E-state index contributed by atoms with van der Waals surface area (Å²) in [5.74, 6) is 4.69. The third-order valence-electron chi connectivity index (χ3n) is 11.5. The number of ketones is 2. The standard InChI is InChI=1S/C18H30O.C14H26O.2C2H6/c1-5-17(2,3)16(19)11-18(4)14-7-12-6-13(9-14)10-15(18)8-12;1-5-13(2,3)12(15)11-14(4)9-7-6-8-10-14;2*1-2/h12-15H,5-11H2,1-4H3;5-11H2,1-4H3;2*1-2H3. The van der Waals surface area contributed by atoms with Crippen LogP contribution in [0.1, 0.15) is 173 Å². The van der Waals surface area contributed by atoms with Crippen molar-refractivity contribution in [1.82, 2.24) is 0 Å². The van der Waals surface area contributed by atoms with Crippen LogP contribution in [0.5, 0.6) is 0 Å². The second-order valence-electron chi connectivity index (χ2n) is 14.9. The maximum atomic E-state index is 12.7. The third-order valence-corrected chi connectivity index (χ3v) is 11.5. The van der Waals surface area contributed by atoms with Crippen LogP contribution in [0, 0.1) is 45.3 Å². The summed E-state index contributed by atoms with van der Waals surface area (Å²) in [5, 5.41) is 0. The molecule has 2 nitrogen and oxygen atoms in total. The lowest BCUT2D eigenvalue weighted by atomic mass is 9.44. The lowest BCUT2D eigenvalue weighted by Gasteiger charge is -2.60. The fraction of sp³-hybridized carbons (Fsp3) is 0.944. The van der Waals surface area contributed by atoms with E-state index in [2.05, 4.69) is 55.4 Å². The van der Waals surface area contributed by atoms with E-state index in [1.807, 2.05) is 27.7 Å². The Hall–Kier alpha value is -0.660. The van der Waals surface area contributed by atoms with Crippen LogP contribution in [-0.2, 0) is 9.59 Å². The molecular formula is C36H68O2. The lowest BCUT2D eigenvalue weighted by Crippen LogP contribution is -2.52. The minimum absolute atomic E-state index is 0.111. The van der Waals surface area contributed by atoms with Crippen molar-refractivity contribution in [3.63, 3.8) is 0 Å². The van der Waals surface area contributed by atoms with Crippen molar-refractivity contribution in [3.8, 4) is 0 Å². The Morgan fingerprint density at radius 3 is 1.37 bits per heavy atom. The van der Waals surface area contributed by atoms with Crippen molar-refractivity contribution in [2.24, 2.45) is 45.3 Å². The minimum atomic E-state index is -0.113. The second kappa shape index (κ2) is 14.8. The summed E-state index contributed by atoms with van der Waals surface area (Å²) in [6, 6.07) is 0. The van der Waals surface area contributed by atoms with Crippen LogP contribution in [0.15, 0.2) is 0 Å². The van der Waals surface area contributed by atoms with Crippen molar-refractivity contribution in [1.29, 1.82) is 0 Å². The zero-order valence-corrected chi connectivity index (χ0v) is 28.0. The molecule has 5 aliphatic rings. The fourth-order valence-electron chi connectivity index (χ4n) is 7.74. The van der Waals surface area contributed by atoms with E-state index in [9.17, 15) is 9.59 Å². The molecule has 0 aromatic rings. The molecule has 0 unspecified atom stereocenters. The quantitative estimate of drug-likeness (QED) is 0.311. The Bertz CT molecular complexity index is 694. The Labute approximate surface area is 239 Å². The molecule has 5 rings (SSSR count). The topological polar surface area (TPSA) is 34.1 Å². The maximum Gasteiger partial charge on any atom is 0.139 e. The molecular weight excluding hydrogens is 464 g/mol. The fourth-order valence-corrected chi connectivity index (χ4v) is 7.74. The normalized spacial score (nSPS) is 31.1. The van der Waals surface area contributed by atoms with Gasteiger partial charge in [0.05, 0.1) is 0 Å². The molecule has 0 spiro atoms. The van der Waals surface area contributed by atoms with Gasteiger partial charge in [-0.05, 0) is 92.3 Å². The summed E-state index contributed by atoms with van der Waals surface area (Å²) < 4.78 is 0. The molecule has 0 aromatic heterocycles. The first kappa shape index (κ1) is 35.4. The van der Waals surface area contributed by atoms with Gasteiger partial charge in [-0.15, -0.1) is 0 Å². The van der Waals surface area contributed by atoms with Crippen molar-refractivity contribution in [2.75, 3.05) is 0 Å². The Kier molecular flexibility index (Phi) is 13.8. The molecule has 5 fully saturated rings. The highest BCUT2D eigenvalue weighted by Gasteiger charge is 2.55. The first-order chi connectivity index (χ1) is 17.7. The lowest BCUT2D eigenvalue weighted by molar-refractivity contribution is -0.142. The van der Waals surface area contributed by atoms with Gasteiger partial charge in [0.25, 0.3) is 0 Å². The zero-order chi connectivity index (χ0) is 29.4. The Balaban J connectivity index is 0.000000344. The van der Waals surface area contributed by atoms with Gasteiger partial charge in [-0.3, -0.25) is 9.59 Å². The van der Waals surface area contributed by atoms with Crippen LogP contribution >= 0.6 is 0 Å². The van der Waals surface area contributed by atoms with Gasteiger partial charge in [-0.2, -0.15) is 0 Å². The first-order valence-electron chi connectivity index (χ1n) is 16.8. The van der Waals surface area contributed by atoms with Gasteiger partial charge in [-0.25, -0.2) is 0 Å². The van der Waals surface area contributed by atoms with E-state index >= 15 is 0 Å². The molecule has 0 saturated heterocycles. The molecule has 5 saturated carbocycles. The Morgan fingerprint density at radius 1 is 0.632 bits per heavy atom. The smallest absolute Gasteiger partial charge is 0.139 e. The summed E-state index contributed by atoms with van der Waals surface area (Å²) in [6.45, 7) is 25.4. The summed E-state index contributed by atoms with van der Waals surface area (Å²) >= 11 is 0. The van der Waals surface area contributed by atoms with E-state index in [0.29, 0.717) is 22.4 Å². The number of carbonyl (C=O) groups is 2. The molecule has 224 valence electrons. The average molecular weight is 533 g/mol. The number of rotatable bonds is 8. The predicted octanol–water partition coefficient (Wildman–Crippen LogP) is 11.2. The van der Waals surface area contributed by atoms with E-state index in [0.717, 1.165) is 49.4 Å². The molecule has 0 atom stereocenters. The summed E-state index contributed by atoms with van der Waals surface area (Å²) in [4.78, 5) is 24.9. The van der Waals surface area contributed by atoms with E-state index in [1.165, 1.54) is 64.2 Å². The zero-order valence-electron chi connectivity index (χ0n) is 28.0. The molecule has 0 N–H and O–H groups in total. The van der Waals surface area contributed by atoms with Crippen LogP contribution in [0.3, 0.4) is 0 Å². The van der Waals surface area contributed by atoms with Crippen molar-refractivity contribution >= 4 is 11.6 Å². The number of carbonyl (C=O) groups excluding carboxylic acids is 2. The number of hydrogen-bond acceptors (Lipinski definition) is 2. The van der Waals surface area contributed by atoms with Crippen molar-refractivity contribution in [2.45, 2.75) is 173 Å². The summed E-state index contributed by atoms with van der Waals surface area (Å²) in [5.41, 5.74) is 0.414. The van der Waals surface area contributed by atoms with Crippen LogP contribution < -0.4 is 0 Å². The molecule has 5 aliphatic carbocycles. The van der Waals surface area contributed by atoms with Crippen LogP contribution in [0.2, 0.25) is 0 Å². The molecule has 0 amide bonds. The summed E-state index contributed by atoms with van der Waals surface area (Å²) in [7, 11) is 0. The number of Topliss-reactive ketones (excluding diaryl/α,β-unsaturated/α-hetero) is 2. The van der Waals surface area contributed by atoms with E-state index < -0.39 is 0 Å². The van der Waals surface area contributed by atoms with E-state index in [4.69, 9.17) is 0 Å². The van der Waals surface area contributed by atoms with Gasteiger partial charge in [0, 0.05) is 23.7 Å². The molecule has 4 bridgehead atoms. The predicted molar refractivity (Wildman–Crippen MR) is 166 cm³/mol. The minimum Gasteiger partial charge on any atom is -0.299 e. The van der Waals surface area contributed by atoms with Gasteiger partial charge in [0.2, 0.25) is 0 Å². The molecule has 0 radical (unpaired) electrons. The largest absolute Gasteiger partial charge is 0.299 e. The van der Waals surface area contributed by atoms with Crippen molar-refractivity contribution in [3.05, 3.63) is 0 Å². The third kappa shape index (κ3) is 8.67. The van der Waals surface area contributed by atoms with Gasteiger partial charge >= 0.3 is 0 Å². The monoisotopic (exact) mass is 533 g/mol. The van der Waals surface area contributed by atoms with Gasteiger partial charge in [0.15, 0.2) is 0 Å². The highest BCUT2D eigenvalue weighted by molar-refractivity contribution is 5.85. The van der Waals surface area contributed by atoms with Gasteiger partial charge < -0.3 is 0 Å². The van der Waals surface area contributed by atoms with E-state index in [1.54, 1.807) is 0 Å². The Morgan fingerprint density at radius 2 is 1.00 bits per heavy atom. The number of hydrogen-bond donors (Lipinski definition) is 0.